The predicted octanol–water partition coefficient (Wildman–Crippen LogP) is 3.98. The first-order valence-electron chi connectivity index (χ1n) is 5.53. The number of imidazole rings is 1. The van der Waals surface area contributed by atoms with E-state index in [1.54, 1.807) is 25.1 Å². The first-order chi connectivity index (χ1) is 8.85. The van der Waals surface area contributed by atoms with E-state index in [1.807, 2.05) is 0 Å². The van der Waals surface area contributed by atoms with Gasteiger partial charge in [-0.25, -0.2) is 13.8 Å². The molecule has 0 unspecified atom stereocenters. The van der Waals surface area contributed by atoms with Gasteiger partial charge < -0.3 is 4.57 Å². The minimum Gasteiger partial charge on any atom is -0.321 e. The van der Waals surface area contributed by atoms with Crippen LogP contribution in [-0.2, 0) is 12.4 Å². The summed E-state index contributed by atoms with van der Waals surface area (Å²) in [5, 5.41) is 0. The number of aryl methyl sites for hydroxylation is 1. The van der Waals surface area contributed by atoms with Crippen LogP contribution in [0.4, 0.5) is 17.6 Å². The topological polar surface area (TPSA) is 17.8 Å². The van der Waals surface area contributed by atoms with E-state index in [2.05, 4.69) is 4.98 Å². The Morgan fingerprint density at radius 3 is 2.63 bits per heavy atom. The monoisotopic (exact) mass is 294 g/mol. The van der Waals surface area contributed by atoms with E-state index in [4.69, 9.17) is 11.6 Å². The molecule has 104 valence electrons. The van der Waals surface area contributed by atoms with Crippen molar-refractivity contribution >= 4 is 22.6 Å². The van der Waals surface area contributed by atoms with Gasteiger partial charge in [0, 0.05) is 0 Å². The highest BCUT2D eigenvalue weighted by atomic mass is 35.5. The number of nitrogens with zero attached hydrogens (tertiary/aromatic N) is 2. The van der Waals surface area contributed by atoms with Gasteiger partial charge in [0.25, 0.3) is 0 Å². The Hall–Kier alpha value is -1.30. The molecule has 0 aliphatic rings. The van der Waals surface area contributed by atoms with Gasteiger partial charge in [-0.15, -0.1) is 11.6 Å². The van der Waals surface area contributed by atoms with Crippen LogP contribution in [0.15, 0.2) is 18.2 Å². The van der Waals surface area contributed by atoms with Crippen molar-refractivity contribution in [1.82, 2.24) is 9.55 Å². The Morgan fingerprint density at radius 1 is 1.37 bits per heavy atom. The number of rotatable bonds is 4. The largest absolute Gasteiger partial charge is 0.324 e. The van der Waals surface area contributed by atoms with Crippen LogP contribution in [0.1, 0.15) is 11.4 Å². The Kier molecular flexibility index (Phi) is 3.71. The maximum Gasteiger partial charge on any atom is 0.324 e. The maximum atomic E-state index is 13.2. The van der Waals surface area contributed by atoms with Gasteiger partial charge in [0.1, 0.15) is 5.82 Å². The van der Waals surface area contributed by atoms with Crippen molar-refractivity contribution in [3.8, 4) is 0 Å². The van der Waals surface area contributed by atoms with Crippen LogP contribution in [-0.4, -0.2) is 21.9 Å². The standard InChI is InChI=1S/C12H11ClF4N2/c1-7-2-3-8-9(4-7)19(10(5-13)18-8)6-12(16,17)11(14)15/h2-4,11H,5-6H2,1H3. The number of halogens is 5. The van der Waals surface area contributed by atoms with Crippen molar-refractivity contribution in [2.45, 2.75) is 31.7 Å². The molecular weight excluding hydrogens is 284 g/mol. The van der Waals surface area contributed by atoms with Crippen molar-refractivity contribution in [1.29, 1.82) is 0 Å². The minimum atomic E-state index is -4.11. The van der Waals surface area contributed by atoms with Gasteiger partial charge in [0.2, 0.25) is 0 Å². The highest BCUT2D eigenvalue weighted by Gasteiger charge is 2.41. The van der Waals surface area contributed by atoms with Crippen molar-refractivity contribution in [2.75, 3.05) is 0 Å². The molecule has 0 saturated carbocycles. The molecule has 2 aromatic rings. The van der Waals surface area contributed by atoms with Gasteiger partial charge in [-0.3, -0.25) is 0 Å². The Labute approximate surface area is 112 Å². The van der Waals surface area contributed by atoms with E-state index in [-0.39, 0.29) is 11.7 Å². The molecule has 1 heterocycles. The van der Waals surface area contributed by atoms with Crippen molar-refractivity contribution < 1.29 is 17.6 Å². The zero-order valence-corrected chi connectivity index (χ0v) is 10.8. The molecular formula is C12H11ClF4N2. The first kappa shape index (κ1) is 14.1. The molecule has 0 radical (unpaired) electrons. The average molecular weight is 295 g/mol. The number of aromatic nitrogens is 2. The summed E-state index contributed by atoms with van der Waals surface area (Å²) in [6, 6.07) is 5.04. The number of benzene rings is 1. The fraction of sp³-hybridized carbons (Fsp3) is 0.417. The van der Waals surface area contributed by atoms with Crippen LogP contribution in [0, 0.1) is 6.92 Å². The summed E-state index contributed by atoms with van der Waals surface area (Å²) in [6.07, 6.45) is -3.72. The zero-order chi connectivity index (χ0) is 14.2. The van der Waals surface area contributed by atoms with Crippen molar-refractivity contribution in [3.05, 3.63) is 29.6 Å². The lowest BCUT2D eigenvalue weighted by Crippen LogP contribution is -2.32. The molecule has 0 N–H and O–H groups in total. The quantitative estimate of drug-likeness (QED) is 0.616. The molecule has 0 atom stereocenters. The van der Waals surface area contributed by atoms with E-state index < -0.39 is 18.9 Å². The van der Waals surface area contributed by atoms with E-state index in [0.29, 0.717) is 11.0 Å². The molecule has 7 heteroatoms. The molecule has 1 aromatic heterocycles. The minimum absolute atomic E-state index is 0.118. The molecule has 1 aromatic carbocycles. The normalized spacial score (nSPS) is 12.6. The lowest BCUT2D eigenvalue weighted by atomic mass is 10.2. The van der Waals surface area contributed by atoms with Crippen molar-refractivity contribution in [3.63, 3.8) is 0 Å². The fourth-order valence-corrected chi connectivity index (χ4v) is 2.04. The molecule has 2 rings (SSSR count). The van der Waals surface area contributed by atoms with Crippen LogP contribution < -0.4 is 0 Å². The lowest BCUT2D eigenvalue weighted by molar-refractivity contribution is -0.137. The van der Waals surface area contributed by atoms with E-state index >= 15 is 0 Å². The molecule has 19 heavy (non-hydrogen) atoms. The SMILES string of the molecule is Cc1ccc2nc(CCl)n(CC(F)(F)C(F)F)c2c1. The third kappa shape index (κ3) is 2.68. The number of alkyl halides is 5. The predicted molar refractivity (Wildman–Crippen MR) is 65.0 cm³/mol. The molecule has 0 amide bonds. The van der Waals surface area contributed by atoms with Gasteiger partial charge in [-0.05, 0) is 24.6 Å². The smallest absolute Gasteiger partial charge is 0.321 e. The molecule has 0 spiro atoms. The molecule has 0 aliphatic heterocycles. The lowest BCUT2D eigenvalue weighted by Gasteiger charge is -2.17. The van der Waals surface area contributed by atoms with Crippen LogP contribution in [0.3, 0.4) is 0 Å². The summed E-state index contributed by atoms with van der Waals surface area (Å²) in [4.78, 5) is 4.07. The van der Waals surface area contributed by atoms with Crippen LogP contribution >= 0.6 is 11.6 Å². The maximum absolute atomic E-state index is 13.2. The summed E-state index contributed by atoms with van der Waals surface area (Å²) >= 11 is 5.64. The number of hydrogen-bond acceptors (Lipinski definition) is 1. The van der Waals surface area contributed by atoms with Gasteiger partial charge in [0.15, 0.2) is 0 Å². The van der Waals surface area contributed by atoms with Gasteiger partial charge in [0.05, 0.1) is 23.5 Å². The van der Waals surface area contributed by atoms with Gasteiger partial charge in [-0.1, -0.05) is 6.07 Å². The molecule has 0 fully saturated rings. The van der Waals surface area contributed by atoms with Gasteiger partial charge in [-0.2, -0.15) is 8.78 Å². The second kappa shape index (κ2) is 5.00. The third-order valence-corrected chi connectivity index (χ3v) is 3.03. The summed E-state index contributed by atoms with van der Waals surface area (Å²) in [5.41, 5.74) is 1.68. The molecule has 0 saturated heterocycles. The third-order valence-electron chi connectivity index (χ3n) is 2.79. The van der Waals surface area contributed by atoms with Gasteiger partial charge >= 0.3 is 12.3 Å². The fourth-order valence-electron chi connectivity index (χ4n) is 1.84. The van der Waals surface area contributed by atoms with E-state index in [9.17, 15) is 17.6 Å². The van der Waals surface area contributed by atoms with E-state index in [1.165, 1.54) is 0 Å². The number of hydrogen-bond donors (Lipinski definition) is 0. The average Bonchev–Trinajstić information content (AvgIpc) is 2.66. The van der Waals surface area contributed by atoms with E-state index in [0.717, 1.165) is 10.1 Å². The Balaban J connectivity index is 2.54. The highest BCUT2D eigenvalue weighted by molar-refractivity contribution is 6.16. The first-order valence-corrected chi connectivity index (χ1v) is 6.06. The molecule has 0 bridgehead atoms. The summed E-state index contributed by atoms with van der Waals surface area (Å²) in [5.74, 6) is -4.08. The Bertz CT molecular complexity index is 595. The molecule has 2 nitrogen and oxygen atoms in total. The van der Waals surface area contributed by atoms with Crippen LogP contribution in [0.25, 0.3) is 11.0 Å². The Morgan fingerprint density at radius 2 is 2.05 bits per heavy atom. The second-order valence-corrected chi connectivity index (χ2v) is 4.57. The van der Waals surface area contributed by atoms with Crippen molar-refractivity contribution in [2.24, 2.45) is 0 Å². The highest BCUT2D eigenvalue weighted by Crippen LogP contribution is 2.28. The van der Waals surface area contributed by atoms with Crippen LogP contribution in [0.2, 0.25) is 0 Å². The number of fused-ring (bicyclic) bond motifs is 1. The summed E-state index contributed by atoms with van der Waals surface area (Å²) < 4.78 is 52.1. The summed E-state index contributed by atoms with van der Waals surface area (Å²) in [6.45, 7) is 0.648. The summed E-state index contributed by atoms with van der Waals surface area (Å²) in [7, 11) is 0. The second-order valence-electron chi connectivity index (χ2n) is 4.30. The molecule has 0 aliphatic carbocycles. The zero-order valence-electron chi connectivity index (χ0n) is 10.0. The van der Waals surface area contributed by atoms with Crippen LogP contribution in [0.5, 0.6) is 0 Å².